The SMILES string of the molecule is C=C(NNC=O)c1ccccc1Br. The fourth-order valence-corrected chi connectivity index (χ4v) is 1.41. The van der Waals surface area contributed by atoms with Crippen LogP contribution in [-0.4, -0.2) is 6.41 Å². The predicted molar refractivity (Wildman–Crippen MR) is 55.5 cm³/mol. The average molecular weight is 241 g/mol. The molecule has 68 valence electrons. The topological polar surface area (TPSA) is 41.1 Å². The number of nitrogens with one attached hydrogen (secondary N) is 2. The van der Waals surface area contributed by atoms with Gasteiger partial charge in [0.15, 0.2) is 0 Å². The molecule has 0 atom stereocenters. The number of benzene rings is 1. The van der Waals surface area contributed by atoms with Gasteiger partial charge in [-0.25, -0.2) is 0 Å². The molecule has 1 aromatic rings. The molecule has 1 rings (SSSR count). The number of halogens is 1. The van der Waals surface area contributed by atoms with E-state index in [1.807, 2.05) is 24.3 Å². The Morgan fingerprint density at radius 1 is 1.46 bits per heavy atom. The van der Waals surface area contributed by atoms with Crippen LogP contribution in [-0.2, 0) is 4.79 Å². The predicted octanol–water partition coefficient (Wildman–Crippen LogP) is 1.67. The van der Waals surface area contributed by atoms with E-state index < -0.39 is 0 Å². The van der Waals surface area contributed by atoms with Gasteiger partial charge in [0, 0.05) is 10.0 Å². The molecule has 1 aromatic carbocycles. The van der Waals surface area contributed by atoms with Crippen molar-refractivity contribution in [2.75, 3.05) is 0 Å². The van der Waals surface area contributed by atoms with Crippen LogP contribution in [0.1, 0.15) is 5.56 Å². The maximum atomic E-state index is 10.00. The van der Waals surface area contributed by atoms with Gasteiger partial charge in [-0.2, -0.15) is 0 Å². The first-order valence-electron chi connectivity index (χ1n) is 3.64. The second kappa shape index (κ2) is 4.67. The lowest BCUT2D eigenvalue weighted by atomic mass is 10.2. The van der Waals surface area contributed by atoms with E-state index in [2.05, 4.69) is 33.4 Å². The Morgan fingerprint density at radius 3 is 2.77 bits per heavy atom. The maximum absolute atomic E-state index is 10.00. The van der Waals surface area contributed by atoms with Crippen molar-refractivity contribution in [3.63, 3.8) is 0 Å². The number of rotatable bonds is 4. The Bertz CT molecular complexity index is 325. The first kappa shape index (κ1) is 9.80. The van der Waals surface area contributed by atoms with E-state index in [9.17, 15) is 4.79 Å². The van der Waals surface area contributed by atoms with E-state index in [0.29, 0.717) is 12.1 Å². The summed E-state index contributed by atoms with van der Waals surface area (Å²) in [4.78, 5) is 10.00. The summed E-state index contributed by atoms with van der Waals surface area (Å²) in [7, 11) is 0. The van der Waals surface area contributed by atoms with Gasteiger partial charge < -0.3 is 0 Å². The van der Waals surface area contributed by atoms with E-state index in [0.717, 1.165) is 10.0 Å². The van der Waals surface area contributed by atoms with Crippen molar-refractivity contribution in [3.05, 3.63) is 40.9 Å². The van der Waals surface area contributed by atoms with Gasteiger partial charge in [-0.15, -0.1) is 0 Å². The minimum atomic E-state index is 0.558. The van der Waals surface area contributed by atoms with Gasteiger partial charge in [0.1, 0.15) is 0 Å². The maximum Gasteiger partial charge on any atom is 0.225 e. The summed E-state index contributed by atoms with van der Waals surface area (Å²) >= 11 is 3.37. The molecule has 0 fully saturated rings. The minimum Gasteiger partial charge on any atom is -0.299 e. The molecule has 0 spiro atoms. The van der Waals surface area contributed by atoms with Crippen molar-refractivity contribution < 1.29 is 4.79 Å². The third-order valence-electron chi connectivity index (χ3n) is 1.48. The van der Waals surface area contributed by atoms with Gasteiger partial charge in [-0.1, -0.05) is 40.7 Å². The molecular formula is C9H9BrN2O. The molecule has 0 bridgehead atoms. The highest BCUT2D eigenvalue weighted by atomic mass is 79.9. The fraction of sp³-hybridized carbons (Fsp3) is 0. The lowest BCUT2D eigenvalue weighted by molar-refractivity contribution is -0.110. The third-order valence-corrected chi connectivity index (χ3v) is 2.17. The number of carbonyl (C=O) groups is 1. The zero-order chi connectivity index (χ0) is 9.68. The molecule has 1 amide bonds. The molecule has 13 heavy (non-hydrogen) atoms. The van der Waals surface area contributed by atoms with E-state index in [1.165, 1.54) is 0 Å². The normalized spacial score (nSPS) is 9.00. The lowest BCUT2D eigenvalue weighted by Crippen LogP contribution is -2.28. The number of hydrogen-bond acceptors (Lipinski definition) is 2. The van der Waals surface area contributed by atoms with Crippen LogP contribution in [0.15, 0.2) is 35.3 Å². The van der Waals surface area contributed by atoms with Gasteiger partial charge >= 0.3 is 0 Å². The monoisotopic (exact) mass is 240 g/mol. The van der Waals surface area contributed by atoms with Crippen LogP contribution in [0.4, 0.5) is 0 Å². The van der Waals surface area contributed by atoms with E-state index >= 15 is 0 Å². The molecule has 0 saturated heterocycles. The summed E-state index contributed by atoms with van der Waals surface area (Å²) in [5.74, 6) is 0. The molecule has 2 N–H and O–H groups in total. The second-order valence-corrected chi connectivity index (χ2v) is 3.20. The summed E-state index contributed by atoms with van der Waals surface area (Å²) in [5.41, 5.74) is 6.52. The van der Waals surface area contributed by atoms with Crippen LogP contribution >= 0.6 is 15.9 Å². The van der Waals surface area contributed by atoms with Gasteiger partial charge in [0.05, 0.1) is 5.70 Å². The van der Waals surface area contributed by atoms with Gasteiger partial charge in [0.2, 0.25) is 6.41 Å². The number of hydrogen-bond donors (Lipinski definition) is 2. The van der Waals surface area contributed by atoms with E-state index in [-0.39, 0.29) is 0 Å². The summed E-state index contributed by atoms with van der Waals surface area (Å²) < 4.78 is 0.931. The average Bonchev–Trinajstić information content (AvgIpc) is 2.15. The molecule has 0 aliphatic rings. The van der Waals surface area contributed by atoms with Crippen molar-refractivity contribution >= 4 is 28.0 Å². The molecule has 0 aromatic heterocycles. The molecular weight excluding hydrogens is 232 g/mol. The zero-order valence-electron chi connectivity index (χ0n) is 6.88. The molecule has 0 aliphatic heterocycles. The van der Waals surface area contributed by atoms with Crippen molar-refractivity contribution in [2.24, 2.45) is 0 Å². The van der Waals surface area contributed by atoms with Crippen molar-refractivity contribution in [1.29, 1.82) is 0 Å². The lowest BCUT2D eigenvalue weighted by Gasteiger charge is -2.08. The highest BCUT2D eigenvalue weighted by Crippen LogP contribution is 2.20. The quantitative estimate of drug-likeness (QED) is 0.621. The highest BCUT2D eigenvalue weighted by Gasteiger charge is 2.00. The first-order valence-corrected chi connectivity index (χ1v) is 4.44. The van der Waals surface area contributed by atoms with Crippen LogP contribution in [0.3, 0.4) is 0 Å². The molecule has 0 heterocycles. The number of amides is 1. The van der Waals surface area contributed by atoms with Gasteiger partial charge in [-0.05, 0) is 6.07 Å². The summed E-state index contributed by atoms with van der Waals surface area (Å²) in [6.07, 6.45) is 0.558. The Kier molecular flexibility index (Phi) is 3.52. The van der Waals surface area contributed by atoms with Crippen LogP contribution in [0, 0.1) is 0 Å². The molecule has 0 unspecified atom stereocenters. The standard InChI is InChI=1S/C9H9BrN2O/c1-7(12-11-6-13)8-4-2-3-5-9(8)10/h2-6,12H,1H2,(H,11,13). The molecule has 3 nitrogen and oxygen atoms in total. The largest absolute Gasteiger partial charge is 0.299 e. The van der Waals surface area contributed by atoms with Crippen LogP contribution in [0.5, 0.6) is 0 Å². The van der Waals surface area contributed by atoms with E-state index in [1.54, 1.807) is 0 Å². The van der Waals surface area contributed by atoms with Gasteiger partial charge in [-0.3, -0.25) is 15.6 Å². The van der Waals surface area contributed by atoms with Crippen LogP contribution in [0.2, 0.25) is 0 Å². The first-order chi connectivity index (χ1) is 6.25. The molecule has 4 heteroatoms. The summed E-state index contributed by atoms with van der Waals surface area (Å²) in [5, 5.41) is 0. The van der Waals surface area contributed by atoms with Crippen molar-refractivity contribution in [3.8, 4) is 0 Å². The van der Waals surface area contributed by atoms with Crippen LogP contribution in [0.25, 0.3) is 5.70 Å². The van der Waals surface area contributed by atoms with E-state index in [4.69, 9.17) is 0 Å². The summed E-state index contributed by atoms with van der Waals surface area (Å²) in [6.45, 7) is 3.76. The Labute approximate surface area is 84.9 Å². The molecule has 0 saturated carbocycles. The van der Waals surface area contributed by atoms with Crippen molar-refractivity contribution in [1.82, 2.24) is 10.9 Å². The minimum absolute atomic E-state index is 0.558. The Hall–Kier alpha value is -1.29. The van der Waals surface area contributed by atoms with Gasteiger partial charge in [0.25, 0.3) is 0 Å². The summed E-state index contributed by atoms with van der Waals surface area (Å²) in [6, 6.07) is 7.61. The Morgan fingerprint density at radius 2 is 2.15 bits per heavy atom. The highest BCUT2D eigenvalue weighted by molar-refractivity contribution is 9.10. The third kappa shape index (κ3) is 2.59. The zero-order valence-corrected chi connectivity index (χ0v) is 8.47. The Balaban J connectivity index is 2.76. The molecule has 0 radical (unpaired) electrons. The number of carbonyl (C=O) groups excluding carboxylic acids is 1. The number of hydrazine groups is 1. The fourth-order valence-electron chi connectivity index (χ4n) is 0.890. The van der Waals surface area contributed by atoms with Crippen molar-refractivity contribution in [2.45, 2.75) is 0 Å². The second-order valence-electron chi connectivity index (χ2n) is 2.35. The smallest absolute Gasteiger partial charge is 0.225 e. The van der Waals surface area contributed by atoms with Crippen LogP contribution < -0.4 is 10.9 Å². The molecule has 0 aliphatic carbocycles.